The van der Waals surface area contributed by atoms with Gasteiger partial charge in [0.2, 0.25) is 71.4 Å². The second-order valence-electron chi connectivity index (χ2n) is 16.6. The zero-order valence-electron chi connectivity index (χ0n) is 43.9. The second-order valence-corrected chi connectivity index (χ2v) is 16.6. The predicted octanol–water partition coefficient (Wildman–Crippen LogP) is -1.09. The molecule has 87 heavy (non-hydrogen) atoms. The van der Waals surface area contributed by atoms with Crippen molar-refractivity contribution in [1.29, 1.82) is 0 Å². The monoisotopic (exact) mass is 1200 g/mol. The molecule has 3 amide bonds. The van der Waals surface area contributed by atoms with Gasteiger partial charge in [0, 0.05) is 33.8 Å². The number of amides is 3. The molecule has 0 aliphatic carbocycles. The highest BCUT2D eigenvalue weighted by atomic mass is 16.4. The number of nitrogens with one attached hydrogen (secondary N) is 15. The summed E-state index contributed by atoms with van der Waals surface area (Å²) in [6.07, 6.45) is 0. The van der Waals surface area contributed by atoms with Gasteiger partial charge in [-0.25, -0.2) is 0 Å². The SMILES string of the molecule is O=C(O)CNc1nc(NCC(=O)O)nc(NNC(=O)c2ccc(Nc3nc(Nc4ccc(C(=O)NNc5nc(NCC(=O)O)nc(NCC(=O)O)n5)cc4)nc(Nc4ccc(C(=O)NNc5nc(NCC(=O)O)nc(NCC(=O)O)n5)cc4)n3)cc2)n1. The van der Waals surface area contributed by atoms with E-state index in [9.17, 15) is 43.2 Å². The van der Waals surface area contributed by atoms with Crippen LogP contribution < -0.4 is 80.4 Å². The van der Waals surface area contributed by atoms with E-state index in [1.807, 2.05) is 0 Å². The molecule has 42 heteroatoms. The number of carbonyl (C=O) groups excluding carboxylic acids is 3. The summed E-state index contributed by atoms with van der Waals surface area (Å²) in [7, 11) is 0. The molecular formula is C45H45N27O15. The average molecular weight is 1200 g/mol. The number of nitrogens with zero attached hydrogens (tertiary/aromatic N) is 12. The highest BCUT2D eigenvalue weighted by Gasteiger charge is 2.17. The van der Waals surface area contributed by atoms with Crippen molar-refractivity contribution >= 4 is 142 Å². The number of hydrogen-bond acceptors (Lipinski definition) is 33. The van der Waals surface area contributed by atoms with Crippen LogP contribution in [-0.2, 0) is 28.8 Å². The Labute approximate surface area is 483 Å². The van der Waals surface area contributed by atoms with Gasteiger partial charge >= 0.3 is 35.8 Å². The molecule has 0 fully saturated rings. The summed E-state index contributed by atoms with van der Waals surface area (Å²) in [6, 6.07) is 17.5. The number of hydrazine groups is 3. The number of hydrogen-bond donors (Lipinski definition) is 21. The molecular weight excluding hydrogens is 1160 g/mol. The molecule has 0 atom stereocenters. The Balaban J connectivity index is 1.06. The smallest absolute Gasteiger partial charge is 0.322 e. The standard InChI is InChI=1S/C45H45N27O15/c73-25(74)13-46-34-55-35(47-14-26(75)76)59-43(58-34)70-67-31(85)19-1-7-22(8-2-19)52-40-64-41(53-23-9-3-20(4-10-23)32(86)68-71-44-60-36(48-15-27(77)78)56-37(61-44)49-16-28(79)80)66-42(65-40)54-24-11-5-21(6-12-24)33(87)69-72-45-62-38(50-17-29(81)82)57-39(63-45)51-18-30(83)84/h1-12H,13-18H2,(H,67,85)(H,68,86)(H,69,87)(H,73,74)(H,75,76)(H,77,78)(H,79,80)(H,81,82)(H,83,84)(H3,46,47,55,58,59,70)(H3,48,49,56,60,61,71)(H3,50,51,57,62,63,72)(H3,52,53,54,64,65,66). The summed E-state index contributed by atoms with van der Waals surface area (Å²) >= 11 is 0. The minimum Gasteiger partial charge on any atom is -0.480 e. The van der Waals surface area contributed by atoms with Gasteiger partial charge in [0.25, 0.3) is 17.7 Å². The first kappa shape index (κ1) is 61.2. The van der Waals surface area contributed by atoms with Crippen LogP contribution in [0.1, 0.15) is 31.1 Å². The molecule has 3 aromatic carbocycles. The molecule has 0 saturated heterocycles. The van der Waals surface area contributed by atoms with Gasteiger partial charge in [0.15, 0.2) is 0 Å². The molecule has 4 heterocycles. The lowest BCUT2D eigenvalue weighted by molar-refractivity contribution is -0.136. The van der Waals surface area contributed by atoms with Crippen molar-refractivity contribution in [1.82, 2.24) is 76.1 Å². The molecule has 0 saturated carbocycles. The lowest BCUT2D eigenvalue weighted by Gasteiger charge is -2.13. The number of carboxylic acids is 6. The van der Waals surface area contributed by atoms with E-state index in [0.717, 1.165) is 0 Å². The quantitative estimate of drug-likeness (QED) is 0.0217. The summed E-state index contributed by atoms with van der Waals surface area (Å²) in [6.45, 7) is -3.56. The van der Waals surface area contributed by atoms with Crippen LogP contribution in [0.4, 0.5) is 88.4 Å². The maximum atomic E-state index is 13.2. The lowest BCUT2D eigenvalue weighted by Crippen LogP contribution is -2.31. The molecule has 0 aliphatic heterocycles. The van der Waals surface area contributed by atoms with Crippen LogP contribution in [0, 0.1) is 0 Å². The number of rotatable bonds is 33. The molecule has 7 rings (SSSR count). The van der Waals surface area contributed by atoms with E-state index in [-0.39, 0.29) is 88.1 Å². The van der Waals surface area contributed by atoms with Crippen molar-refractivity contribution in [3.05, 3.63) is 89.5 Å². The molecule has 0 unspecified atom stereocenters. The fourth-order valence-electron chi connectivity index (χ4n) is 6.30. The summed E-state index contributed by atoms with van der Waals surface area (Å²) in [5.41, 5.74) is 15.9. The highest BCUT2D eigenvalue weighted by molar-refractivity contribution is 5.96. The van der Waals surface area contributed by atoms with E-state index in [2.05, 4.69) is 140 Å². The Bertz CT molecular complexity index is 3200. The van der Waals surface area contributed by atoms with Crippen LogP contribution in [-0.4, -0.2) is 183 Å². The van der Waals surface area contributed by atoms with Gasteiger partial charge in [0.05, 0.1) is 0 Å². The van der Waals surface area contributed by atoms with Crippen molar-refractivity contribution < 1.29 is 73.8 Å². The summed E-state index contributed by atoms with van der Waals surface area (Å²) in [5, 5.41) is 77.8. The van der Waals surface area contributed by atoms with Crippen LogP contribution in [0.2, 0.25) is 0 Å². The number of anilines is 15. The number of carbonyl (C=O) groups is 9. The third kappa shape index (κ3) is 20.2. The molecule has 0 aliphatic rings. The largest absolute Gasteiger partial charge is 0.480 e. The number of aromatic nitrogens is 12. The normalized spacial score (nSPS) is 10.3. The second kappa shape index (κ2) is 29.3. The van der Waals surface area contributed by atoms with E-state index in [1.54, 1.807) is 0 Å². The van der Waals surface area contributed by atoms with Gasteiger partial charge < -0.3 is 78.5 Å². The Hall–Kier alpha value is -13.5. The van der Waals surface area contributed by atoms with E-state index < -0.39 is 92.8 Å². The van der Waals surface area contributed by atoms with Crippen LogP contribution in [0.5, 0.6) is 0 Å². The highest BCUT2D eigenvalue weighted by Crippen LogP contribution is 2.23. The number of carboxylic acid groups (broad SMARTS) is 6. The zero-order chi connectivity index (χ0) is 62.4. The van der Waals surface area contributed by atoms with Gasteiger partial charge in [0.1, 0.15) is 39.3 Å². The molecule has 0 radical (unpaired) electrons. The summed E-state index contributed by atoms with van der Waals surface area (Å²) in [4.78, 5) is 155. The first-order valence-electron chi connectivity index (χ1n) is 24.3. The van der Waals surface area contributed by atoms with E-state index in [4.69, 9.17) is 30.6 Å². The predicted molar refractivity (Wildman–Crippen MR) is 299 cm³/mol. The molecule has 4 aromatic heterocycles. The molecule has 450 valence electrons. The molecule has 7 aromatic rings. The van der Waals surface area contributed by atoms with Crippen LogP contribution in [0.15, 0.2) is 72.8 Å². The fourth-order valence-corrected chi connectivity index (χ4v) is 6.30. The van der Waals surface area contributed by atoms with Gasteiger partial charge in [-0.3, -0.25) is 75.7 Å². The third-order valence-electron chi connectivity index (χ3n) is 10.0. The Kier molecular flexibility index (Phi) is 20.6. The van der Waals surface area contributed by atoms with E-state index in [0.29, 0.717) is 17.1 Å². The van der Waals surface area contributed by atoms with E-state index >= 15 is 0 Å². The third-order valence-corrected chi connectivity index (χ3v) is 10.0. The maximum absolute atomic E-state index is 13.2. The number of benzene rings is 3. The molecule has 42 nitrogen and oxygen atoms in total. The lowest BCUT2D eigenvalue weighted by atomic mass is 10.2. The van der Waals surface area contributed by atoms with E-state index in [1.165, 1.54) is 72.8 Å². The van der Waals surface area contributed by atoms with Gasteiger partial charge in [-0.1, -0.05) is 0 Å². The van der Waals surface area contributed by atoms with Gasteiger partial charge in [-0.05, 0) is 72.8 Å². The number of aliphatic carboxylic acids is 6. The molecule has 0 bridgehead atoms. The van der Waals surface area contributed by atoms with Crippen molar-refractivity contribution in [2.24, 2.45) is 0 Å². The molecule has 21 N–H and O–H groups in total. The van der Waals surface area contributed by atoms with Crippen LogP contribution >= 0.6 is 0 Å². The topological polar surface area (TPSA) is 610 Å². The molecule has 0 spiro atoms. The average Bonchev–Trinajstić information content (AvgIpc) is 3.69. The van der Waals surface area contributed by atoms with Gasteiger partial charge in [-0.15, -0.1) is 0 Å². The minimum absolute atomic E-state index is 0.0607. The zero-order valence-corrected chi connectivity index (χ0v) is 43.9. The van der Waals surface area contributed by atoms with Gasteiger partial charge in [-0.2, -0.15) is 59.8 Å². The first-order chi connectivity index (χ1) is 41.7. The fraction of sp³-hybridized carbons (Fsp3) is 0.133. The van der Waals surface area contributed by atoms with Crippen molar-refractivity contribution in [2.45, 2.75) is 0 Å². The first-order valence-corrected chi connectivity index (χ1v) is 24.3. The minimum atomic E-state index is -1.25. The van der Waals surface area contributed by atoms with Crippen LogP contribution in [0.3, 0.4) is 0 Å². The summed E-state index contributed by atoms with van der Waals surface area (Å²) < 4.78 is 0. The Morgan fingerprint density at radius 3 is 0.609 bits per heavy atom. The van der Waals surface area contributed by atoms with Crippen molar-refractivity contribution in [3.8, 4) is 0 Å². The van der Waals surface area contributed by atoms with Crippen molar-refractivity contribution in [2.75, 3.05) is 103 Å². The van der Waals surface area contributed by atoms with Crippen LogP contribution in [0.25, 0.3) is 0 Å². The Morgan fingerprint density at radius 2 is 0.425 bits per heavy atom. The summed E-state index contributed by atoms with van der Waals surface area (Å²) in [5.74, 6) is -12.1. The maximum Gasteiger partial charge on any atom is 0.322 e. The van der Waals surface area contributed by atoms with Crippen molar-refractivity contribution in [3.63, 3.8) is 0 Å². The Morgan fingerprint density at radius 1 is 0.253 bits per heavy atom.